The van der Waals surface area contributed by atoms with Crippen LogP contribution in [0.2, 0.25) is 0 Å². The quantitative estimate of drug-likeness (QED) is 0.768. The van der Waals surface area contributed by atoms with Crippen LogP contribution in [0.25, 0.3) is 0 Å². The van der Waals surface area contributed by atoms with Crippen molar-refractivity contribution in [3.63, 3.8) is 0 Å². The summed E-state index contributed by atoms with van der Waals surface area (Å²) in [5, 5.41) is 8.83. The first-order valence-corrected chi connectivity index (χ1v) is 5.63. The van der Waals surface area contributed by atoms with Gasteiger partial charge in [0, 0.05) is 6.42 Å². The minimum Gasteiger partial charge on any atom is -0.487 e. The standard InChI is InChI=1S/C11H11NO2.C2H6/c12-7-9-3-1-2-4-11(9)14-10-5-6-13-8-10;1-2/h1-4,10H,5-6,8H2;1-2H3/t10-;/m1./s1. The summed E-state index contributed by atoms with van der Waals surface area (Å²) in [5.41, 5.74) is 0.583. The van der Waals surface area contributed by atoms with Gasteiger partial charge >= 0.3 is 0 Å². The second-order valence-electron chi connectivity index (χ2n) is 3.21. The van der Waals surface area contributed by atoms with Gasteiger partial charge in [0.15, 0.2) is 0 Å². The predicted octanol–water partition coefficient (Wildman–Crippen LogP) is 2.75. The van der Waals surface area contributed by atoms with E-state index in [1.54, 1.807) is 6.07 Å². The second kappa shape index (κ2) is 6.86. The Hall–Kier alpha value is -1.53. The van der Waals surface area contributed by atoms with Gasteiger partial charge in [0.25, 0.3) is 0 Å². The zero-order valence-electron chi connectivity index (χ0n) is 9.77. The molecule has 86 valence electrons. The fourth-order valence-corrected chi connectivity index (χ4v) is 1.45. The molecule has 16 heavy (non-hydrogen) atoms. The number of hydrogen-bond donors (Lipinski definition) is 0. The molecule has 1 aliphatic heterocycles. The van der Waals surface area contributed by atoms with Gasteiger partial charge in [-0.25, -0.2) is 0 Å². The molecular formula is C13H17NO2. The van der Waals surface area contributed by atoms with Crippen molar-refractivity contribution in [1.29, 1.82) is 5.26 Å². The molecule has 1 heterocycles. The van der Waals surface area contributed by atoms with Crippen molar-refractivity contribution in [3.05, 3.63) is 29.8 Å². The van der Waals surface area contributed by atoms with Gasteiger partial charge in [-0.1, -0.05) is 26.0 Å². The smallest absolute Gasteiger partial charge is 0.137 e. The third-order valence-electron chi connectivity index (χ3n) is 2.19. The maximum Gasteiger partial charge on any atom is 0.137 e. The van der Waals surface area contributed by atoms with Crippen LogP contribution in [0.3, 0.4) is 0 Å². The Balaban J connectivity index is 0.000000606. The summed E-state index contributed by atoms with van der Waals surface area (Å²) in [4.78, 5) is 0. The zero-order valence-corrected chi connectivity index (χ0v) is 9.77. The summed E-state index contributed by atoms with van der Waals surface area (Å²) in [5.74, 6) is 0.658. The van der Waals surface area contributed by atoms with E-state index in [-0.39, 0.29) is 6.10 Å². The fourth-order valence-electron chi connectivity index (χ4n) is 1.45. The molecule has 0 spiro atoms. The van der Waals surface area contributed by atoms with Gasteiger partial charge in [0.1, 0.15) is 17.9 Å². The van der Waals surface area contributed by atoms with Crippen LogP contribution in [0.4, 0.5) is 0 Å². The molecule has 2 rings (SSSR count). The molecule has 1 aromatic carbocycles. The number of hydrogen-bond acceptors (Lipinski definition) is 3. The van der Waals surface area contributed by atoms with Gasteiger partial charge in [-0.3, -0.25) is 0 Å². The average molecular weight is 219 g/mol. The van der Waals surface area contributed by atoms with Crippen LogP contribution in [0.1, 0.15) is 25.8 Å². The van der Waals surface area contributed by atoms with E-state index in [0.717, 1.165) is 13.0 Å². The minimum atomic E-state index is 0.101. The summed E-state index contributed by atoms with van der Waals surface area (Å²) in [6, 6.07) is 9.37. The molecule has 0 radical (unpaired) electrons. The van der Waals surface area contributed by atoms with Crippen LogP contribution < -0.4 is 4.74 Å². The molecule has 0 amide bonds. The topological polar surface area (TPSA) is 42.2 Å². The molecule has 0 saturated carbocycles. The summed E-state index contributed by atoms with van der Waals surface area (Å²) in [6.45, 7) is 5.37. The van der Waals surface area contributed by atoms with Crippen molar-refractivity contribution in [3.8, 4) is 11.8 Å². The number of para-hydroxylation sites is 1. The number of nitriles is 1. The number of nitrogens with zero attached hydrogens (tertiary/aromatic N) is 1. The van der Waals surface area contributed by atoms with E-state index >= 15 is 0 Å². The molecule has 0 N–H and O–H groups in total. The molecular weight excluding hydrogens is 202 g/mol. The Labute approximate surface area is 96.6 Å². The van der Waals surface area contributed by atoms with Gasteiger partial charge in [0.2, 0.25) is 0 Å². The van der Waals surface area contributed by atoms with Crippen LogP contribution in [0.5, 0.6) is 5.75 Å². The van der Waals surface area contributed by atoms with Crippen molar-refractivity contribution < 1.29 is 9.47 Å². The highest BCUT2D eigenvalue weighted by Crippen LogP contribution is 2.20. The SMILES string of the molecule is CC.N#Cc1ccccc1O[C@@H]1CCOC1. The zero-order chi connectivity index (χ0) is 11.8. The lowest BCUT2D eigenvalue weighted by molar-refractivity contribution is 0.141. The van der Waals surface area contributed by atoms with Crippen LogP contribution in [-0.2, 0) is 4.74 Å². The lowest BCUT2D eigenvalue weighted by atomic mass is 10.2. The first-order chi connectivity index (χ1) is 7.90. The molecule has 0 unspecified atom stereocenters. The number of ether oxygens (including phenoxy) is 2. The number of benzene rings is 1. The van der Waals surface area contributed by atoms with Gasteiger partial charge in [-0.15, -0.1) is 0 Å². The van der Waals surface area contributed by atoms with Crippen molar-refractivity contribution in [2.45, 2.75) is 26.4 Å². The van der Waals surface area contributed by atoms with E-state index in [9.17, 15) is 0 Å². The van der Waals surface area contributed by atoms with Crippen LogP contribution in [-0.4, -0.2) is 19.3 Å². The first-order valence-electron chi connectivity index (χ1n) is 5.63. The monoisotopic (exact) mass is 219 g/mol. The van der Waals surface area contributed by atoms with Crippen molar-refractivity contribution in [2.24, 2.45) is 0 Å². The Morgan fingerprint density at radius 1 is 1.38 bits per heavy atom. The lowest BCUT2D eigenvalue weighted by Gasteiger charge is -2.12. The fraction of sp³-hybridized carbons (Fsp3) is 0.462. The molecule has 1 aliphatic rings. The van der Waals surface area contributed by atoms with E-state index in [2.05, 4.69) is 6.07 Å². The summed E-state index contributed by atoms with van der Waals surface area (Å²) >= 11 is 0. The van der Waals surface area contributed by atoms with Crippen molar-refractivity contribution >= 4 is 0 Å². The molecule has 1 aromatic rings. The van der Waals surface area contributed by atoms with Gasteiger partial charge in [0.05, 0.1) is 18.8 Å². The molecule has 0 aromatic heterocycles. The molecule has 0 bridgehead atoms. The van der Waals surface area contributed by atoms with Gasteiger partial charge in [-0.05, 0) is 12.1 Å². The molecule has 1 saturated heterocycles. The Morgan fingerprint density at radius 3 is 2.75 bits per heavy atom. The molecule has 1 atom stereocenters. The Kier molecular flexibility index (Phi) is 5.38. The van der Waals surface area contributed by atoms with E-state index in [1.807, 2.05) is 32.0 Å². The Morgan fingerprint density at radius 2 is 2.12 bits per heavy atom. The normalized spacial score (nSPS) is 18.2. The molecule has 1 fully saturated rings. The van der Waals surface area contributed by atoms with Gasteiger partial charge < -0.3 is 9.47 Å². The van der Waals surface area contributed by atoms with Crippen molar-refractivity contribution in [2.75, 3.05) is 13.2 Å². The lowest BCUT2D eigenvalue weighted by Crippen LogP contribution is -2.16. The van der Waals surface area contributed by atoms with Gasteiger partial charge in [-0.2, -0.15) is 5.26 Å². The Bertz CT molecular complexity index is 351. The molecule has 3 heteroatoms. The third-order valence-corrected chi connectivity index (χ3v) is 2.19. The van der Waals surface area contributed by atoms with Crippen molar-refractivity contribution in [1.82, 2.24) is 0 Å². The largest absolute Gasteiger partial charge is 0.487 e. The highest BCUT2D eigenvalue weighted by Gasteiger charge is 2.18. The highest BCUT2D eigenvalue weighted by molar-refractivity contribution is 5.42. The summed E-state index contributed by atoms with van der Waals surface area (Å²) in [6.07, 6.45) is 1.00. The highest BCUT2D eigenvalue weighted by atomic mass is 16.5. The third kappa shape index (κ3) is 3.25. The molecule has 0 aliphatic carbocycles. The average Bonchev–Trinajstić information content (AvgIpc) is 2.85. The maximum absolute atomic E-state index is 8.83. The van der Waals surface area contributed by atoms with E-state index in [4.69, 9.17) is 14.7 Å². The molecule has 3 nitrogen and oxygen atoms in total. The minimum absolute atomic E-state index is 0.101. The predicted molar refractivity (Wildman–Crippen MR) is 62.4 cm³/mol. The second-order valence-corrected chi connectivity index (χ2v) is 3.21. The van der Waals surface area contributed by atoms with E-state index in [0.29, 0.717) is 17.9 Å². The summed E-state index contributed by atoms with van der Waals surface area (Å²) < 4.78 is 10.8. The summed E-state index contributed by atoms with van der Waals surface area (Å²) in [7, 11) is 0. The maximum atomic E-state index is 8.83. The van der Waals surface area contributed by atoms with Crippen LogP contribution >= 0.6 is 0 Å². The first kappa shape index (κ1) is 12.5. The van der Waals surface area contributed by atoms with E-state index in [1.165, 1.54) is 0 Å². The van der Waals surface area contributed by atoms with Crippen LogP contribution in [0, 0.1) is 11.3 Å². The number of rotatable bonds is 2. The van der Waals surface area contributed by atoms with Crippen LogP contribution in [0.15, 0.2) is 24.3 Å². The van der Waals surface area contributed by atoms with E-state index < -0.39 is 0 Å².